The van der Waals surface area contributed by atoms with Crippen molar-refractivity contribution in [3.63, 3.8) is 0 Å². The smallest absolute Gasteiger partial charge is 0.0198 e. The maximum absolute atomic E-state index is 3.74. The van der Waals surface area contributed by atoms with Crippen molar-refractivity contribution >= 4 is 0 Å². The summed E-state index contributed by atoms with van der Waals surface area (Å²) in [5.41, 5.74) is 0. The van der Waals surface area contributed by atoms with Crippen LogP contribution < -0.4 is 5.32 Å². The second kappa shape index (κ2) is 6.19. The zero-order valence-electron chi connectivity index (χ0n) is 11.9. The molecule has 1 aliphatic carbocycles. The van der Waals surface area contributed by atoms with Crippen molar-refractivity contribution in [2.24, 2.45) is 11.8 Å². The van der Waals surface area contributed by atoms with Gasteiger partial charge >= 0.3 is 0 Å². The minimum atomic E-state index is 0.745. The second-order valence-electron chi connectivity index (χ2n) is 6.19. The first-order valence-corrected chi connectivity index (χ1v) is 7.72. The van der Waals surface area contributed by atoms with Crippen LogP contribution in [0.4, 0.5) is 0 Å². The topological polar surface area (TPSA) is 15.3 Å². The van der Waals surface area contributed by atoms with Gasteiger partial charge in [-0.2, -0.15) is 0 Å². The summed E-state index contributed by atoms with van der Waals surface area (Å²) < 4.78 is 0. The van der Waals surface area contributed by atoms with Gasteiger partial charge in [0.1, 0.15) is 0 Å². The Bertz CT molecular complexity index is 225. The van der Waals surface area contributed by atoms with E-state index in [2.05, 4.69) is 31.0 Å². The third-order valence-corrected chi connectivity index (χ3v) is 4.71. The molecule has 1 aliphatic heterocycles. The fraction of sp³-hybridized carbons (Fsp3) is 1.00. The Labute approximate surface area is 107 Å². The summed E-state index contributed by atoms with van der Waals surface area (Å²) in [6.07, 6.45) is 6.94. The van der Waals surface area contributed by atoms with Gasteiger partial charge in [0, 0.05) is 25.2 Å². The molecule has 1 heterocycles. The van der Waals surface area contributed by atoms with Gasteiger partial charge in [0.15, 0.2) is 0 Å². The van der Waals surface area contributed by atoms with Gasteiger partial charge in [-0.05, 0) is 51.0 Å². The van der Waals surface area contributed by atoms with Gasteiger partial charge in [0.2, 0.25) is 0 Å². The molecule has 100 valence electrons. The number of nitrogens with one attached hydrogen (secondary N) is 1. The van der Waals surface area contributed by atoms with E-state index < -0.39 is 0 Å². The number of hydrogen-bond donors (Lipinski definition) is 1. The standard InChI is InChI=1S/C15H30N2/c1-4-8-16-15-9-13(5-2)10-17(11-15)12(3)14-6-7-14/h12-16H,4-11H2,1-3H3. The lowest BCUT2D eigenvalue weighted by Crippen LogP contribution is -2.52. The number of likely N-dealkylation sites (tertiary alicyclic amines) is 1. The molecule has 3 unspecified atom stereocenters. The largest absolute Gasteiger partial charge is 0.313 e. The Morgan fingerprint density at radius 3 is 2.59 bits per heavy atom. The van der Waals surface area contributed by atoms with Crippen LogP contribution in [0.3, 0.4) is 0 Å². The predicted molar refractivity (Wildman–Crippen MR) is 74.2 cm³/mol. The van der Waals surface area contributed by atoms with Gasteiger partial charge in [-0.3, -0.25) is 4.90 Å². The predicted octanol–water partition coefficient (Wildman–Crippen LogP) is 2.89. The summed E-state index contributed by atoms with van der Waals surface area (Å²) in [6, 6.07) is 1.57. The van der Waals surface area contributed by atoms with Gasteiger partial charge in [0.05, 0.1) is 0 Å². The quantitative estimate of drug-likeness (QED) is 0.765. The molecule has 2 rings (SSSR count). The van der Waals surface area contributed by atoms with Crippen LogP contribution in [0.5, 0.6) is 0 Å². The van der Waals surface area contributed by atoms with Gasteiger partial charge < -0.3 is 5.32 Å². The number of nitrogens with zero attached hydrogens (tertiary/aromatic N) is 1. The van der Waals surface area contributed by atoms with Crippen molar-refractivity contribution in [1.29, 1.82) is 0 Å². The minimum Gasteiger partial charge on any atom is -0.313 e. The van der Waals surface area contributed by atoms with Gasteiger partial charge in [-0.15, -0.1) is 0 Å². The summed E-state index contributed by atoms with van der Waals surface area (Å²) in [6.45, 7) is 10.9. The highest BCUT2D eigenvalue weighted by molar-refractivity contribution is 4.91. The van der Waals surface area contributed by atoms with Crippen LogP contribution >= 0.6 is 0 Å². The SMILES string of the molecule is CCCNC1CC(CC)CN(C(C)C2CC2)C1. The Morgan fingerprint density at radius 1 is 1.24 bits per heavy atom. The number of hydrogen-bond acceptors (Lipinski definition) is 2. The van der Waals surface area contributed by atoms with E-state index >= 15 is 0 Å². The molecule has 0 spiro atoms. The lowest BCUT2D eigenvalue weighted by molar-refractivity contribution is 0.0928. The molecular weight excluding hydrogens is 208 g/mol. The normalized spacial score (nSPS) is 32.6. The Kier molecular flexibility index (Phi) is 4.87. The summed E-state index contributed by atoms with van der Waals surface area (Å²) in [5.74, 6) is 1.93. The first kappa shape index (κ1) is 13.4. The summed E-state index contributed by atoms with van der Waals surface area (Å²) in [5, 5.41) is 3.74. The fourth-order valence-corrected chi connectivity index (χ4v) is 3.24. The first-order valence-electron chi connectivity index (χ1n) is 7.72. The van der Waals surface area contributed by atoms with Gasteiger partial charge in [0.25, 0.3) is 0 Å². The van der Waals surface area contributed by atoms with Crippen LogP contribution in [0, 0.1) is 11.8 Å². The molecule has 0 amide bonds. The summed E-state index contributed by atoms with van der Waals surface area (Å²) in [4.78, 5) is 2.77. The molecule has 1 saturated heterocycles. The van der Waals surface area contributed by atoms with Crippen LogP contribution in [-0.2, 0) is 0 Å². The maximum Gasteiger partial charge on any atom is 0.0198 e. The van der Waals surface area contributed by atoms with Crippen molar-refractivity contribution < 1.29 is 0 Å². The van der Waals surface area contributed by atoms with E-state index in [1.54, 1.807) is 0 Å². The maximum atomic E-state index is 3.74. The van der Waals surface area contributed by atoms with E-state index in [1.807, 2.05) is 0 Å². The van der Waals surface area contributed by atoms with Crippen LogP contribution in [0.1, 0.15) is 52.9 Å². The van der Waals surface area contributed by atoms with E-state index in [-0.39, 0.29) is 0 Å². The molecule has 17 heavy (non-hydrogen) atoms. The molecule has 1 N–H and O–H groups in total. The summed E-state index contributed by atoms with van der Waals surface area (Å²) in [7, 11) is 0. The fourth-order valence-electron chi connectivity index (χ4n) is 3.24. The van der Waals surface area contributed by atoms with Crippen molar-refractivity contribution in [2.75, 3.05) is 19.6 Å². The summed E-state index contributed by atoms with van der Waals surface area (Å²) >= 11 is 0. The molecule has 0 radical (unpaired) electrons. The third-order valence-electron chi connectivity index (χ3n) is 4.71. The van der Waals surface area contributed by atoms with E-state index in [0.29, 0.717) is 0 Å². The Hall–Kier alpha value is -0.0800. The molecule has 0 aromatic heterocycles. The minimum absolute atomic E-state index is 0.745. The molecule has 3 atom stereocenters. The Balaban J connectivity index is 1.87. The average molecular weight is 238 g/mol. The molecule has 2 heteroatoms. The molecule has 2 fully saturated rings. The number of rotatable bonds is 6. The highest BCUT2D eigenvalue weighted by Gasteiger charge is 2.36. The molecule has 0 aromatic carbocycles. The van der Waals surface area contributed by atoms with Crippen LogP contribution in [0.15, 0.2) is 0 Å². The molecule has 1 saturated carbocycles. The van der Waals surface area contributed by atoms with E-state index in [0.717, 1.165) is 23.9 Å². The lowest BCUT2D eigenvalue weighted by atomic mass is 9.90. The van der Waals surface area contributed by atoms with Crippen LogP contribution in [0.25, 0.3) is 0 Å². The number of piperidine rings is 1. The van der Waals surface area contributed by atoms with Crippen molar-refractivity contribution in [2.45, 2.75) is 65.0 Å². The molecule has 2 nitrogen and oxygen atoms in total. The van der Waals surface area contributed by atoms with Crippen molar-refractivity contribution in [3.05, 3.63) is 0 Å². The average Bonchev–Trinajstić information content (AvgIpc) is 3.19. The van der Waals surface area contributed by atoms with E-state index in [4.69, 9.17) is 0 Å². The second-order valence-corrected chi connectivity index (χ2v) is 6.19. The van der Waals surface area contributed by atoms with Crippen molar-refractivity contribution in [1.82, 2.24) is 10.2 Å². The van der Waals surface area contributed by atoms with E-state index in [1.165, 1.54) is 51.7 Å². The Morgan fingerprint density at radius 2 is 2.00 bits per heavy atom. The van der Waals surface area contributed by atoms with E-state index in [9.17, 15) is 0 Å². The first-order chi connectivity index (χ1) is 8.24. The lowest BCUT2D eigenvalue weighted by Gasteiger charge is -2.41. The molecular formula is C15H30N2. The highest BCUT2D eigenvalue weighted by atomic mass is 15.2. The van der Waals surface area contributed by atoms with Gasteiger partial charge in [-0.25, -0.2) is 0 Å². The third kappa shape index (κ3) is 3.69. The zero-order chi connectivity index (χ0) is 12.3. The molecule has 0 aromatic rings. The zero-order valence-corrected chi connectivity index (χ0v) is 11.9. The van der Waals surface area contributed by atoms with Gasteiger partial charge in [-0.1, -0.05) is 20.3 Å². The highest BCUT2D eigenvalue weighted by Crippen LogP contribution is 2.36. The van der Waals surface area contributed by atoms with Crippen molar-refractivity contribution in [3.8, 4) is 0 Å². The van der Waals surface area contributed by atoms with Crippen LogP contribution in [0.2, 0.25) is 0 Å². The molecule has 0 bridgehead atoms. The monoisotopic (exact) mass is 238 g/mol. The van der Waals surface area contributed by atoms with Crippen LogP contribution in [-0.4, -0.2) is 36.6 Å². The molecule has 2 aliphatic rings.